The Morgan fingerprint density at radius 3 is 2.46 bits per heavy atom. The maximum Gasteiger partial charge on any atom is 0.254 e. The van der Waals surface area contributed by atoms with Crippen molar-refractivity contribution in [1.82, 2.24) is 14.3 Å². The smallest absolute Gasteiger partial charge is 0.254 e. The number of aromatic nitrogens is 2. The summed E-state index contributed by atoms with van der Waals surface area (Å²) in [7, 11) is 0. The Morgan fingerprint density at radius 2 is 1.93 bits per heavy atom. The Bertz CT molecular complexity index is 993. The number of amides is 1. The fraction of sp³-hybridized carbons (Fsp3) is 0.429. The predicted octanol–water partition coefficient (Wildman–Crippen LogP) is 6.29. The van der Waals surface area contributed by atoms with Gasteiger partial charge >= 0.3 is 0 Å². The van der Waals surface area contributed by atoms with E-state index in [1.807, 2.05) is 37.1 Å². The Kier molecular flexibility index (Phi) is 6.37. The molecule has 0 aliphatic carbocycles. The van der Waals surface area contributed by atoms with Crippen LogP contribution in [-0.2, 0) is 11.8 Å². The quantitative estimate of drug-likeness (QED) is 0.391. The number of hydrogen-bond acceptors (Lipinski definition) is 3. The maximum atomic E-state index is 12.8. The van der Waals surface area contributed by atoms with Crippen molar-refractivity contribution in [2.75, 3.05) is 13.1 Å². The summed E-state index contributed by atoms with van der Waals surface area (Å²) in [5.74, 6) is 0.0534. The summed E-state index contributed by atoms with van der Waals surface area (Å²) in [4.78, 5) is 19.5. The van der Waals surface area contributed by atoms with Gasteiger partial charge in [0, 0.05) is 46.5 Å². The molecule has 0 fully saturated rings. The second kappa shape index (κ2) is 8.28. The van der Waals surface area contributed by atoms with Gasteiger partial charge in [-0.3, -0.25) is 4.79 Å². The lowest BCUT2D eigenvalue weighted by Gasteiger charge is -2.19. The monoisotopic (exact) mass is 525 g/mol. The molecule has 3 heterocycles. The highest BCUT2D eigenvalue weighted by Crippen LogP contribution is 2.36. The van der Waals surface area contributed by atoms with E-state index in [9.17, 15) is 4.79 Å². The van der Waals surface area contributed by atoms with E-state index < -0.39 is 0 Å². The molecule has 0 atom stereocenters. The van der Waals surface area contributed by atoms with Gasteiger partial charge in [0.05, 0.1) is 15.2 Å². The lowest BCUT2D eigenvalue weighted by atomic mass is 9.89. The number of carbonyl (C=O) groups excluding carboxylic acids is 1. The van der Waals surface area contributed by atoms with Gasteiger partial charge in [-0.2, -0.15) is 0 Å². The van der Waals surface area contributed by atoms with Crippen molar-refractivity contribution < 1.29 is 4.79 Å². The number of fused-ring (bicyclic) bond motifs is 1. The van der Waals surface area contributed by atoms with Gasteiger partial charge in [-0.05, 0) is 63.4 Å². The van der Waals surface area contributed by atoms with Gasteiger partial charge in [-0.25, -0.2) is 4.98 Å². The van der Waals surface area contributed by atoms with Gasteiger partial charge < -0.3 is 9.30 Å². The predicted molar refractivity (Wildman–Crippen MR) is 124 cm³/mol. The Hall–Kier alpha value is -1.18. The van der Waals surface area contributed by atoms with Gasteiger partial charge in [0.15, 0.2) is 0 Å². The number of carbonyl (C=O) groups is 1. The zero-order valence-electron chi connectivity index (χ0n) is 16.8. The minimum atomic E-state index is -0.0978. The zero-order valence-corrected chi connectivity index (χ0v) is 20.8. The third kappa shape index (κ3) is 4.07. The van der Waals surface area contributed by atoms with E-state index in [4.69, 9.17) is 4.98 Å². The lowest BCUT2D eigenvalue weighted by molar-refractivity contribution is 0.0773. The molecule has 3 rings (SSSR count). The second-order valence-electron chi connectivity index (χ2n) is 7.79. The van der Waals surface area contributed by atoms with Crippen molar-refractivity contribution in [3.05, 3.63) is 54.5 Å². The standard InChI is InChI=1S/C21H25Br2N3OS/c1-6-25(7-2)20(27)13-8-9-26-16(11-14-15(22)12-28-19(14)23)18(21(3,4)5)24-17(26)10-13/h8-10,12H,6-7,11H2,1-5H3. The third-order valence-electron chi connectivity index (χ3n) is 4.87. The first-order chi connectivity index (χ1) is 13.2. The SMILES string of the molecule is CCN(CC)C(=O)c1ccn2c(Cc3c(Br)csc3Br)c(C(C)(C)C)nc2c1. The highest BCUT2D eigenvalue weighted by atomic mass is 79.9. The van der Waals surface area contributed by atoms with Crippen LogP contribution in [0.25, 0.3) is 5.65 Å². The van der Waals surface area contributed by atoms with Gasteiger partial charge in [-0.1, -0.05) is 20.8 Å². The van der Waals surface area contributed by atoms with E-state index in [-0.39, 0.29) is 11.3 Å². The molecule has 0 bridgehead atoms. The molecule has 0 saturated heterocycles. The first-order valence-electron chi connectivity index (χ1n) is 9.39. The summed E-state index contributed by atoms with van der Waals surface area (Å²) in [6.45, 7) is 11.9. The molecular formula is C21H25Br2N3OS. The molecule has 0 radical (unpaired) electrons. The highest BCUT2D eigenvalue weighted by Gasteiger charge is 2.26. The largest absolute Gasteiger partial charge is 0.339 e. The Balaban J connectivity index is 2.13. The van der Waals surface area contributed by atoms with Crippen molar-refractivity contribution in [2.45, 2.75) is 46.5 Å². The third-order valence-corrected chi connectivity index (χ3v) is 7.73. The molecule has 0 aliphatic heterocycles. The average molecular weight is 527 g/mol. The molecule has 28 heavy (non-hydrogen) atoms. The lowest BCUT2D eigenvalue weighted by Crippen LogP contribution is -2.30. The zero-order chi connectivity index (χ0) is 20.6. The van der Waals surface area contributed by atoms with E-state index >= 15 is 0 Å². The minimum Gasteiger partial charge on any atom is -0.339 e. The Morgan fingerprint density at radius 1 is 1.25 bits per heavy atom. The van der Waals surface area contributed by atoms with Gasteiger partial charge in [0.25, 0.3) is 5.91 Å². The van der Waals surface area contributed by atoms with Crippen LogP contribution in [0.1, 0.15) is 61.9 Å². The van der Waals surface area contributed by atoms with Crippen LogP contribution in [0.5, 0.6) is 0 Å². The molecule has 3 aromatic heterocycles. The van der Waals surface area contributed by atoms with E-state index in [1.165, 1.54) is 5.56 Å². The number of nitrogens with zero attached hydrogens (tertiary/aromatic N) is 3. The second-order valence-corrected chi connectivity index (χ2v) is 10.8. The number of rotatable bonds is 5. The number of hydrogen-bond donors (Lipinski definition) is 0. The summed E-state index contributed by atoms with van der Waals surface area (Å²) < 4.78 is 4.35. The molecule has 150 valence electrons. The molecule has 0 unspecified atom stereocenters. The van der Waals surface area contributed by atoms with Crippen LogP contribution in [-0.4, -0.2) is 33.3 Å². The minimum absolute atomic E-state index is 0.0534. The first kappa shape index (κ1) is 21.5. The van der Waals surface area contributed by atoms with Crippen LogP contribution >= 0.6 is 43.2 Å². The maximum absolute atomic E-state index is 12.8. The molecule has 0 aliphatic rings. The van der Waals surface area contributed by atoms with Crippen molar-refractivity contribution in [2.24, 2.45) is 0 Å². The molecule has 0 spiro atoms. The van der Waals surface area contributed by atoms with Crippen molar-refractivity contribution in [3.8, 4) is 0 Å². The van der Waals surface area contributed by atoms with Crippen LogP contribution in [0.15, 0.2) is 32.0 Å². The van der Waals surface area contributed by atoms with Crippen LogP contribution < -0.4 is 0 Å². The van der Waals surface area contributed by atoms with Crippen LogP contribution in [0.4, 0.5) is 0 Å². The van der Waals surface area contributed by atoms with Crippen LogP contribution in [0.2, 0.25) is 0 Å². The van der Waals surface area contributed by atoms with E-state index in [1.54, 1.807) is 11.3 Å². The van der Waals surface area contributed by atoms with Crippen molar-refractivity contribution in [3.63, 3.8) is 0 Å². The van der Waals surface area contributed by atoms with Gasteiger partial charge in [0.1, 0.15) is 5.65 Å². The van der Waals surface area contributed by atoms with Gasteiger partial charge in [-0.15, -0.1) is 11.3 Å². The number of thiophene rings is 1. The molecule has 0 aromatic carbocycles. The first-order valence-corrected chi connectivity index (χ1v) is 11.9. The molecule has 0 N–H and O–H groups in total. The summed E-state index contributed by atoms with van der Waals surface area (Å²) >= 11 is 9.01. The molecular weight excluding hydrogens is 502 g/mol. The van der Waals surface area contributed by atoms with Gasteiger partial charge in [0.2, 0.25) is 0 Å². The summed E-state index contributed by atoms with van der Waals surface area (Å²) in [5.41, 5.74) is 4.85. The van der Waals surface area contributed by atoms with E-state index in [0.29, 0.717) is 18.7 Å². The number of imidazole rings is 1. The van der Waals surface area contributed by atoms with E-state index in [0.717, 1.165) is 31.7 Å². The molecule has 7 heteroatoms. The Labute approximate surface area is 187 Å². The molecule has 3 aromatic rings. The highest BCUT2D eigenvalue weighted by molar-refractivity contribution is 9.11. The normalized spacial score (nSPS) is 12.0. The molecule has 0 saturated carbocycles. The molecule has 1 amide bonds. The van der Waals surface area contributed by atoms with Crippen molar-refractivity contribution in [1.29, 1.82) is 0 Å². The fourth-order valence-corrected chi connectivity index (χ4v) is 5.68. The van der Waals surface area contributed by atoms with Crippen molar-refractivity contribution >= 4 is 54.8 Å². The van der Waals surface area contributed by atoms with Crippen LogP contribution in [0, 0.1) is 0 Å². The number of halogens is 2. The topological polar surface area (TPSA) is 37.6 Å². The number of pyridine rings is 1. The summed E-state index contributed by atoms with van der Waals surface area (Å²) in [6.07, 6.45) is 2.75. The van der Waals surface area contributed by atoms with Crippen LogP contribution in [0.3, 0.4) is 0 Å². The average Bonchev–Trinajstić information content (AvgIpc) is 3.17. The fourth-order valence-electron chi connectivity index (χ4n) is 3.35. The van der Waals surface area contributed by atoms with E-state index in [2.05, 4.69) is 62.4 Å². The summed E-state index contributed by atoms with van der Waals surface area (Å²) in [5, 5.41) is 2.10. The molecule has 4 nitrogen and oxygen atoms in total. The summed E-state index contributed by atoms with van der Waals surface area (Å²) in [6, 6.07) is 3.82.